The second-order valence-corrected chi connectivity index (χ2v) is 4.43. The number of nitrogens with one attached hydrogen (secondary N) is 1. The summed E-state index contributed by atoms with van der Waals surface area (Å²) in [6.07, 6.45) is 2.28. The van der Waals surface area contributed by atoms with Crippen molar-refractivity contribution in [2.75, 3.05) is 11.9 Å². The van der Waals surface area contributed by atoms with E-state index in [-0.39, 0.29) is 0 Å². The second kappa shape index (κ2) is 5.32. The van der Waals surface area contributed by atoms with E-state index < -0.39 is 0 Å². The van der Waals surface area contributed by atoms with Gasteiger partial charge in [0.1, 0.15) is 5.82 Å². The molecule has 0 fully saturated rings. The van der Waals surface area contributed by atoms with Gasteiger partial charge >= 0.3 is 0 Å². The Hall–Kier alpha value is -1.35. The van der Waals surface area contributed by atoms with Crippen LogP contribution in [0, 0.1) is 6.92 Å². The van der Waals surface area contributed by atoms with Gasteiger partial charge in [-0.15, -0.1) is 0 Å². The molecule has 3 nitrogen and oxygen atoms in total. The zero-order valence-corrected chi connectivity index (χ0v) is 10.9. The molecule has 0 aliphatic carbocycles. The van der Waals surface area contributed by atoms with Crippen LogP contribution in [-0.4, -0.2) is 16.5 Å². The lowest BCUT2D eigenvalue weighted by Gasteiger charge is -2.09. The van der Waals surface area contributed by atoms with Crippen molar-refractivity contribution in [2.45, 2.75) is 26.7 Å². The summed E-state index contributed by atoms with van der Waals surface area (Å²) >= 11 is 5.95. The minimum Gasteiger partial charge on any atom is -0.369 e. The average molecular weight is 250 g/mol. The number of halogens is 1. The summed E-state index contributed by atoms with van der Waals surface area (Å²) in [6, 6.07) is 6.06. The summed E-state index contributed by atoms with van der Waals surface area (Å²) in [5, 5.41) is 4.65. The monoisotopic (exact) mass is 249 g/mol. The van der Waals surface area contributed by atoms with Gasteiger partial charge in [-0.3, -0.25) is 0 Å². The fourth-order valence-electron chi connectivity index (χ4n) is 1.79. The largest absolute Gasteiger partial charge is 0.369 e. The van der Waals surface area contributed by atoms with Crippen molar-refractivity contribution in [2.24, 2.45) is 0 Å². The number of rotatable bonds is 4. The molecular formula is C13H16ClN3. The molecule has 1 aromatic carbocycles. The minimum absolute atomic E-state index is 0.297. The number of benzene rings is 1. The van der Waals surface area contributed by atoms with E-state index in [0.717, 1.165) is 41.7 Å². The van der Waals surface area contributed by atoms with E-state index in [1.807, 2.05) is 25.1 Å². The summed E-state index contributed by atoms with van der Waals surface area (Å²) in [5.41, 5.74) is 2.04. The Morgan fingerprint density at radius 1 is 1.29 bits per heavy atom. The fraction of sp³-hybridized carbons (Fsp3) is 0.385. The van der Waals surface area contributed by atoms with Crippen LogP contribution in [0.3, 0.4) is 0 Å². The van der Waals surface area contributed by atoms with Gasteiger partial charge in [-0.2, -0.15) is 0 Å². The molecular weight excluding hydrogens is 234 g/mol. The van der Waals surface area contributed by atoms with Gasteiger partial charge in [0.2, 0.25) is 5.28 Å². The van der Waals surface area contributed by atoms with Gasteiger partial charge in [-0.1, -0.05) is 25.5 Å². The maximum absolute atomic E-state index is 5.95. The molecule has 0 atom stereocenters. The van der Waals surface area contributed by atoms with Gasteiger partial charge in [0.05, 0.1) is 5.52 Å². The lowest BCUT2D eigenvalue weighted by atomic mass is 10.1. The number of hydrogen-bond donors (Lipinski definition) is 1. The van der Waals surface area contributed by atoms with Crippen LogP contribution in [0.15, 0.2) is 18.2 Å². The molecule has 90 valence electrons. The molecule has 0 aliphatic heterocycles. The fourth-order valence-corrected chi connectivity index (χ4v) is 1.96. The molecule has 2 aromatic rings. The molecule has 2 rings (SSSR count). The number of aryl methyl sites for hydroxylation is 1. The first-order valence-corrected chi connectivity index (χ1v) is 6.27. The molecule has 0 bridgehead atoms. The summed E-state index contributed by atoms with van der Waals surface area (Å²) in [7, 11) is 0. The zero-order valence-electron chi connectivity index (χ0n) is 10.1. The van der Waals surface area contributed by atoms with E-state index in [4.69, 9.17) is 11.6 Å². The second-order valence-electron chi connectivity index (χ2n) is 4.09. The molecule has 1 heterocycles. The summed E-state index contributed by atoms with van der Waals surface area (Å²) in [5.74, 6) is 0.831. The lowest BCUT2D eigenvalue weighted by molar-refractivity contribution is 0.831. The van der Waals surface area contributed by atoms with Gasteiger partial charge in [-0.05, 0) is 36.6 Å². The molecule has 17 heavy (non-hydrogen) atoms. The van der Waals surface area contributed by atoms with Crippen molar-refractivity contribution in [3.05, 3.63) is 29.0 Å². The van der Waals surface area contributed by atoms with Crippen molar-refractivity contribution in [3.63, 3.8) is 0 Å². The summed E-state index contributed by atoms with van der Waals surface area (Å²) in [4.78, 5) is 8.54. The Balaban J connectivity index is 2.43. The van der Waals surface area contributed by atoms with Crippen molar-refractivity contribution >= 4 is 28.3 Å². The lowest BCUT2D eigenvalue weighted by Crippen LogP contribution is -2.04. The van der Waals surface area contributed by atoms with E-state index in [0.29, 0.717) is 5.28 Å². The first kappa shape index (κ1) is 12.1. The zero-order chi connectivity index (χ0) is 12.3. The van der Waals surface area contributed by atoms with Crippen LogP contribution in [0.2, 0.25) is 5.28 Å². The highest BCUT2D eigenvalue weighted by Crippen LogP contribution is 2.24. The van der Waals surface area contributed by atoms with E-state index in [1.54, 1.807) is 0 Å². The van der Waals surface area contributed by atoms with Gasteiger partial charge in [0, 0.05) is 11.9 Å². The van der Waals surface area contributed by atoms with Crippen molar-refractivity contribution in [1.82, 2.24) is 9.97 Å². The van der Waals surface area contributed by atoms with Crippen LogP contribution in [0.25, 0.3) is 10.9 Å². The van der Waals surface area contributed by atoms with E-state index in [1.165, 1.54) is 0 Å². The number of nitrogens with zero attached hydrogens (tertiary/aromatic N) is 2. The minimum atomic E-state index is 0.297. The Morgan fingerprint density at radius 2 is 2.12 bits per heavy atom. The Morgan fingerprint density at radius 3 is 2.88 bits per heavy atom. The van der Waals surface area contributed by atoms with Crippen molar-refractivity contribution < 1.29 is 0 Å². The quantitative estimate of drug-likeness (QED) is 0.662. The molecule has 1 aromatic heterocycles. The third kappa shape index (κ3) is 2.67. The third-order valence-electron chi connectivity index (χ3n) is 2.72. The van der Waals surface area contributed by atoms with E-state index in [9.17, 15) is 0 Å². The standard InChI is InChI=1S/C13H16ClN3/c1-3-4-8-15-12-10-7-5-6-9(2)11(10)16-13(14)17-12/h5-7H,3-4,8H2,1-2H3,(H,15,16,17). The number of fused-ring (bicyclic) bond motifs is 1. The van der Waals surface area contributed by atoms with Crippen molar-refractivity contribution in [1.29, 1.82) is 0 Å². The normalized spacial score (nSPS) is 10.8. The highest BCUT2D eigenvalue weighted by atomic mass is 35.5. The summed E-state index contributed by atoms with van der Waals surface area (Å²) in [6.45, 7) is 5.10. The highest BCUT2D eigenvalue weighted by molar-refractivity contribution is 6.28. The van der Waals surface area contributed by atoms with Crippen LogP contribution >= 0.6 is 11.6 Å². The molecule has 0 spiro atoms. The average Bonchev–Trinajstić information content (AvgIpc) is 2.31. The van der Waals surface area contributed by atoms with Crippen LogP contribution in [0.1, 0.15) is 25.3 Å². The van der Waals surface area contributed by atoms with Crippen LogP contribution in [-0.2, 0) is 0 Å². The topological polar surface area (TPSA) is 37.8 Å². The Kier molecular flexibility index (Phi) is 3.79. The SMILES string of the molecule is CCCCNc1nc(Cl)nc2c(C)cccc12. The van der Waals surface area contributed by atoms with Crippen LogP contribution in [0.4, 0.5) is 5.82 Å². The molecule has 0 radical (unpaired) electrons. The molecule has 0 unspecified atom stereocenters. The third-order valence-corrected chi connectivity index (χ3v) is 2.89. The number of aromatic nitrogens is 2. The van der Waals surface area contributed by atoms with Gasteiger partial charge < -0.3 is 5.32 Å². The predicted octanol–water partition coefficient (Wildman–Crippen LogP) is 3.80. The highest BCUT2D eigenvalue weighted by Gasteiger charge is 2.07. The molecule has 0 aliphatic rings. The van der Waals surface area contributed by atoms with Crippen LogP contribution < -0.4 is 5.32 Å². The first-order valence-electron chi connectivity index (χ1n) is 5.89. The van der Waals surface area contributed by atoms with Gasteiger partial charge in [-0.25, -0.2) is 9.97 Å². The van der Waals surface area contributed by atoms with Gasteiger partial charge in [0.25, 0.3) is 0 Å². The first-order chi connectivity index (χ1) is 8.22. The number of hydrogen-bond acceptors (Lipinski definition) is 3. The van der Waals surface area contributed by atoms with Crippen molar-refractivity contribution in [3.8, 4) is 0 Å². The Bertz CT molecular complexity index is 525. The summed E-state index contributed by atoms with van der Waals surface area (Å²) < 4.78 is 0. The number of unbranched alkanes of at least 4 members (excludes halogenated alkanes) is 1. The molecule has 1 N–H and O–H groups in total. The molecule has 0 saturated carbocycles. The van der Waals surface area contributed by atoms with Crippen LogP contribution in [0.5, 0.6) is 0 Å². The predicted molar refractivity (Wildman–Crippen MR) is 72.7 cm³/mol. The molecule has 4 heteroatoms. The molecule has 0 amide bonds. The maximum Gasteiger partial charge on any atom is 0.224 e. The van der Waals surface area contributed by atoms with E-state index in [2.05, 4.69) is 22.2 Å². The Labute approximate surface area is 106 Å². The number of anilines is 1. The van der Waals surface area contributed by atoms with E-state index >= 15 is 0 Å². The molecule has 0 saturated heterocycles. The number of para-hydroxylation sites is 1. The van der Waals surface area contributed by atoms with Gasteiger partial charge in [0.15, 0.2) is 0 Å². The smallest absolute Gasteiger partial charge is 0.224 e. The maximum atomic E-state index is 5.95.